The van der Waals surface area contributed by atoms with Gasteiger partial charge in [0.05, 0.1) is 19.1 Å². The van der Waals surface area contributed by atoms with E-state index < -0.39 is 16.1 Å². The largest absolute Gasteiger partial charge is 0.497 e. The normalized spacial score (nSPS) is 12.3. The van der Waals surface area contributed by atoms with Gasteiger partial charge in [-0.2, -0.15) is 0 Å². The van der Waals surface area contributed by atoms with E-state index in [1.807, 2.05) is 31.2 Å². The number of rotatable bonds is 8. The van der Waals surface area contributed by atoms with Crippen LogP contribution in [-0.4, -0.2) is 33.7 Å². The standard InChI is InChI=1S/C20H26N2O4S/c1-5-19(20(23)21-14-16-11-9-15(2)10-12-16)22(27(4,24)25)17-7-6-8-18(13-17)26-3/h6-13,19H,5,14H2,1-4H3,(H,21,23). The molecule has 0 saturated heterocycles. The summed E-state index contributed by atoms with van der Waals surface area (Å²) < 4.78 is 31.2. The molecule has 2 rings (SSSR count). The van der Waals surface area contributed by atoms with Crippen LogP contribution in [0.5, 0.6) is 5.75 Å². The van der Waals surface area contributed by atoms with Crippen molar-refractivity contribution in [3.63, 3.8) is 0 Å². The number of carbonyl (C=O) groups is 1. The van der Waals surface area contributed by atoms with Crippen molar-refractivity contribution < 1.29 is 17.9 Å². The van der Waals surface area contributed by atoms with E-state index in [9.17, 15) is 13.2 Å². The van der Waals surface area contributed by atoms with Crippen LogP contribution >= 0.6 is 0 Å². The molecule has 1 atom stereocenters. The smallest absolute Gasteiger partial charge is 0.244 e. The molecule has 146 valence electrons. The van der Waals surface area contributed by atoms with Gasteiger partial charge in [0.25, 0.3) is 0 Å². The zero-order valence-corrected chi connectivity index (χ0v) is 16.9. The lowest BCUT2D eigenvalue weighted by Crippen LogP contribution is -2.49. The number of anilines is 1. The monoisotopic (exact) mass is 390 g/mol. The number of aryl methyl sites for hydroxylation is 1. The third-order valence-corrected chi connectivity index (χ3v) is 5.40. The summed E-state index contributed by atoms with van der Waals surface area (Å²) in [5.41, 5.74) is 2.49. The van der Waals surface area contributed by atoms with Crippen LogP contribution in [0.4, 0.5) is 5.69 Å². The van der Waals surface area contributed by atoms with Gasteiger partial charge in [-0.1, -0.05) is 42.8 Å². The minimum Gasteiger partial charge on any atom is -0.497 e. The van der Waals surface area contributed by atoms with Crippen molar-refractivity contribution >= 4 is 21.6 Å². The molecular formula is C20H26N2O4S. The summed E-state index contributed by atoms with van der Waals surface area (Å²) >= 11 is 0. The van der Waals surface area contributed by atoms with E-state index in [1.165, 1.54) is 7.11 Å². The highest BCUT2D eigenvalue weighted by molar-refractivity contribution is 7.92. The maximum atomic E-state index is 12.8. The van der Waals surface area contributed by atoms with E-state index in [-0.39, 0.29) is 5.91 Å². The van der Waals surface area contributed by atoms with Crippen molar-refractivity contribution in [3.05, 3.63) is 59.7 Å². The Morgan fingerprint density at radius 3 is 2.41 bits per heavy atom. The number of carbonyl (C=O) groups excluding carboxylic acids is 1. The van der Waals surface area contributed by atoms with Gasteiger partial charge in [-0.15, -0.1) is 0 Å². The lowest BCUT2D eigenvalue weighted by molar-refractivity contribution is -0.122. The average Bonchev–Trinajstić information content (AvgIpc) is 2.64. The number of sulfonamides is 1. The number of ether oxygens (including phenoxy) is 1. The molecule has 0 aliphatic heterocycles. The Labute approximate surface area is 161 Å². The maximum absolute atomic E-state index is 12.8. The van der Waals surface area contributed by atoms with E-state index in [4.69, 9.17) is 4.74 Å². The molecule has 6 nitrogen and oxygen atoms in total. The maximum Gasteiger partial charge on any atom is 0.244 e. The zero-order valence-electron chi connectivity index (χ0n) is 16.1. The van der Waals surface area contributed by atoms with Gasteiger partial charge >= 0.3 is 0 Å². The first-order valence-electron chi connectivity index (χ1n) is 8.73. The SMILES string of the molecule is CCC(C(=O)NCc1ccc(C)cc1)N(c1cccc(OC)c1)S(C)(=O)=O. The molecule has 0 saturated carbocycles. The second-order valence-electron chi connectivity index (χ2n) is 6.39. The predicted molar refractivity (Wildman–Crippen MR) is 107 cm³/mol. The summed E-state index contributed by atoms with van der Waals surface area (Å²) in [5.74, 6) is 0.183. The van der Waals surface area contributed by atoms with Crippen molar-refractivity contribution in [2.24, 2.45) is 0 Å². The molecule has 0 aliphatic carbocycles. The Balaban J connectivity index is 2.25. The fraction of sp³-hybridized carbons (Fsp3) is 0.350. The highest BCUT2D eigenvalue weighted by Gasteiger charge is 2.31. The number of benzene rings is 2. The van der Waals surface area contributed by atoms with Crippen LogP contribution in [0.15, 0.2) is 48.5 Å². The molecular weight excluding hydrogens is 364 g/mol. The third kappa shape index (κ3) is 5.47. The van der Waals surface area contributed by atoms with Gasteiger partial charge in [0.1, 0.15) is 11.8 Å². The van der Waals surface area contributed by atoms with Crippen molar-refractivity contribution in [1.82, 2.24) is 5.32 Å². The minimum atomic E-state index is -3.67. The summed E-state index contributed by atoms with van der Waals surface area (Å²) in [6, 6.07) is 13.6. The van der Waals surface area contributed by atoms with Gasteiger partial charge in [-0.3, -0.25) is 9.10 Å². The Morgan fingerprint density at radius 2 is 1.85 bits per heavy atom. The average molecular weight is 391 g/mol. The van der Waals surface area contributed by atoms with E-state index >= 15 is 0 Å². The Hall–Kier alpha value is -2.54. The summed E-state index contributed by atoms with van der Waals surface area (Å²) in [6.45, 7) is 4.12. The van der Waals surface area contributed by atoms with E-state index in [2.05, 4.69) is 5.32 Å². The molecule has 0 aliphatic rings. The van der Waals surface area contributed by atoms with Crippen LogP contribution in [0.1, 0.15) is 24.5 Å². The number of methoxy groups -OCH3 is 1. The Morgan fingerprint density at radius 1 is 1.19 bits per heavy atom. The van der Waals surface area contributed by atoms with E-state index in [0.29, 0.717) is 24.4 Å². The second kappa shape index (κ2) is 8.90. The Bertz CT molecular complexity index is 879. The van der Waals surface area contributed by atoms with Crippen LogP contribution in [0, 0.1) is 6.92 Å². The van der Waals surface area contributed by atoms with Crippen molar-refractivity contribution in [1.29, 1.82) is 0 Å². The molecule has 2 aromatic rings. The summed E-state index contributed by atoms with van der Waals surface area (Å²) in [6.07, 6.45) is 1.44. The highest BCUT2D eigenvalue weighted by atomic mass is 32.2. The van der Waals surface area contributed by atoms with Crippen LogP contribution < -0.4 is 14.4 Å². The summed E-state index contributed by atoms with van der Waals surface area (Å²) in [7, 11) is -2.16. The van der Waals surface area contributed by atoms with Crippen LogP contribution in [0.2, 0.25) is 0 Å². The molecule has 0 aromatic heterocycles. The molecule has 0 spiro atoms. The molecule has 7 heteroatoms. The molecule has 1 amide bonds. The zero-order chi connectivity index (χ0) is 20.0. The molecule has 1 unspecified atom stereocenters. The lowest BCUT2D eigenvalue weighted by atomic mass is 10.1. The third-order valence-electron chi connectivity index (χ3n) is 4.22. The molecule has 0 bridgehead atoms. The first-order chi connectivity index (χ1) is 12.8. The first kappa shape index (κ1) is 20.8. The van der Waals surface area contributed by atoms with Gasteiger partial charge in [-0.05, 0) is 31.0 Å². The van der Waals surface area contributed by atoms with Crippen molar-refractivity contribution in [3.8, 4) is 5.75 Å². The number of nitrogens with one attached hydrogen (secondary N) is 1. The quantitative estimate of drug-likeness (QED) is 0.752. The van der Waals surface area contributed by atoms with Gasteiger partial charge in [0, 0.05) is 12.6 Å². The van der Waals surface area contributed by atoms with Crippen LogP contribution in [-0.2, 0) is 21.4 Å². The predicted octanol–water partition coefficient (Wildman–Crippen LogP) is 2.86. The molecule has 2 aromatic carbocycles. The van der Waals surface area contributed by atoms with E-state index in [0.717, 1.165) is 21.7 Å². The van der Waals surface area contributed by atoms with Gasteiger partial charge < -0.3 is 10.1 Å². The Kier molecular flexibility index (Phi) is 6.85. The first-order valence-corrected chi connectivity index (χ1v) is 10.6. The summed E-state index contributed by atoms with van der Waals surface area (Å²) in [5, 5.41) is 2.84. The highest BCUT2D eigenvalue weighted by Crippen LogP contribution is 2.26. The van der Waals surface area contributed by atoms with E-state index in [1.54, 1.807) is 31.2 Å². The lowest BCUT2D eigenvalue weighted by Gasteiger charge is -2.30. The molecule has 0 heterocycles. The number of amides is 1. The number of hydrogen-bond acceptors (Lipinski definition) is 4. The van der Waals surface area contributed by atoms with Gasteiger partial charge in [-0.25, -0.2) is 8.42 Å². The number of nitrogens with zero attached hydrogens (tertiary/aromatic N) is 1. The molecule has 1 N–H and O–H groups in total. The van der Waals surface area contributed by atoms with Gasteiger partial charge in [0.15, 0.2) is 0 Å². The molecule has 0 radical (unpaired) electrons. The minimum absolute atomic E-state index is 0.337. The van der Waals surface area contributed by atoms with Crippen molar-refractivity contribution in [2.45, 2.75) is 32.9 Å². The van der Waals surface area contributed by atoms with Gasteiger partial charge in [0.2, 0.25) is 15.9 Å². The fourth-order valence-electron chi connectivity index (χ4n) is 2.82. The number of hydrogen-bond donors (Lipinski definition) is 1. The van der Waals surface area contributed by atoms with Crippen molar-refractivity contribution in [2.75, 3.05) is 17.7 Å². The second-order valence-corrected chi connectivity index (χ2v) is 8.25. The molecule has 0 fully saturated rings. The van der Waals surface area contributed by atoms with Crippen LogP contribution in [0.25, 0.3) is 0 Å². The van der Waals surface area contributed by atoms with Crippen LogP contribution in [0.3, 0.4) is 0 Å². The summed E-state index contributed by atoms with van der Waals surface area (Å²) in [4.78, 5) is 12.8. The fourth-order valence-corrected chi connectivity index (χ4v) is 4.02. The topological polar surface area (TPSA) is 75.7 Å². The molecule has 27 heavy (non-hydrogen) atoms.